The first-order chi connectivity index (χ1) is 14.3. The summed E-state index contributed by atoms with van der Waals surface area (Å²) in [7, 11) is 0. The Morgan fingerprint density at radius 2 is 2.23 bits per heavy atom. The summed E-state index contributed by atoms with van der Waals surface area (Å²) in [6.45, 7) is 3.61. The van der Waals surface area contributed by atoms with Crippen molar-refractivity contribution in [1.82, 2.24) is 40.6 Å². The van der Waals surface area contributed by atoms with Crippen molar-refractivity contribution in [2.24, 2.45) is 0 Å². The van der Waals surface area contributed by atoms with E-state index in [1.165, 1.54) is 50.8 Å². The van der Waals surface area contributed by atoms with Crippen LogP contribution in [0.2, 0.25) is 0 Å². The van der Waals surface area contributed by atoms with Crippen LogP contribution in [0.4, 0.5) is 0 Å². The number of rotatable bonds is 7. The largest absolute Gasteiger partial charge is 0.477 e. The molecular weight excluding hydrogens is 452 g/mol. The quantitative estimate of drug-likeness (QED) is 0.408. The second-order valence-corrected chi connectivity index (χ2v) is 10.4. The van der Waals surface area contributed by atoms with Gasteiger partial charge in [0.1, 0.15) is 35.0 Å². The van der Waals surface area contributed by atoms with Crippen LogP contribution >= 0.6 is 34.9 Å². The number of carboxylic acid groups (broad SMARTS) is 1. The van der Waals surface area contributed by atoms with Crippen LogP contribution in [0, 0.1) is 6.92 Å². The third-order valence-corrected chi connectivity index (χ3v) is 7.89. The highest BCUT2D eigenvalue weighted by atomic mass is 32.2. The van der Waals surface area contributed by atoms with Crippen molar-refractivity contribution < 1.29 is 19.5 Å². The number of aromatic nitrogens is 6. The van der Waals surface area contributed by atoms with Crippen LogP contribution in [-0.4, -0.2) is 80.6 Å². The second-order valence-electron chi connectivity index (χ2n) is 6.49. The number of nitrogens with one attached hydrogen (secondary N) is 1. The maximum Gasteiger partial charge on any atom is 0.352 e. The van der Waals surface area contributed by atoms with Gasteiger partial charge in [0.05, 0.1) is 0 Å². The van der Waals surface area contributed by atoms with Crippen LogP contribution in [0.25, 0.3) is 0 Å². The van der Waals surface area contributed by atoms with Crippen molar-refractivity contribution in [1.29, 1.82) is 0 Å². The molecule has 3 atom stereocenters. The van der Waals surface area contributed by atoms with E-state index in [2.05, 4.69) is 31.0 Å². The Kier molecular flexibility index (Phi) is 5.75. The van der Waals surface area contributed by atoms with Crippen LogP contribution in [0.5, 0.6) is 0 Å². The molecule has 2 aromatic rings. The number of carbonyl (C=O) groups excluding carboxylic acids is 2. The molecule has 0 radical (unpaired) electrons. The van der Waals surface area contributed by atoms with Gasteiger partial charge in [0.2, 0.25) is 5.91 Å². The Labute approximate surface area is 182 Å². The summed E-state index contributed by atoms with van der Waals surface area (Å²) in [5.41, 5.74) is 0.629. The average molecular weight is 469 g/mol. The van der Waals surface area contributed by atoms with Gasteiger partial charge < -0.3 is 10.4 Å². The van der Waals surface area contributed by atoms with Gasteiger partial charge in [-0.25, -0.2) is 9.48 Å². The van der Waals surface area contributed by atoms with Gasteiger partial charge in [-0.05, 0) is 29.8 Å². The first-order valence-corrected chi connectivity index (χ1v) is 11.5. The fraction of sp³-hybridized carbons (Fsp3) is 0.467. The van der Waals surface area contributed by atoms with Crippen molar-refractivity contribution in [3.63, 3.8) is 0 Å². The lowest BCUT2D eigenvalue weighted by molar-refractivity contribution is -0.150. The predicted molar refractivity (Wildman–Crippen MR) is 107 cm³/mol. The summed E-state index contributed by atoms with van der Waals surface area (Å²) >= 11 is 4.27. The third kappa shape index (κ3) is 3.91. The van der Waals surface area contributed by atoms with Crippen LogP contribution in [-0.2, 0) is 20.9 Å². The molecule has 158 valence electrons. The Hall–Kier alpha value is -2.52. The number of aryl methyl sites for hydroxylation is 1. The van der Waals surface area contributed by atoms with E-state index < -0.39 is 29.2 Å². The van der Waals surface area contributed by atoms with Crippen molar-refractivity contribution in [2.45, 2.75) is 41.4 Å². The molecule has 1 fully saturated rings. The van der Waals surface area contributed by atoms with E-state index in [9.17, 15) is 19.5 Å². The van der Waals surface area contributed by atoms with Crippen molar-refractivity contribution in [2.75, 3.05) is 5.75 Å². The van der Waals surface area contributed by atoms with Gasteiger partial charge in [-0.2, -0.15) is 0 Å². The zero-order valence-electron chi connectivity index (χ0n) is 15.8. The Morgan fingerprint density at radius 3 is 2.87 bits per heavy atom. The average Bonchev–Trinajstić information content (AvgIpc) is 3.36. The van der Waals surface area contributed by atoms with E-state index in [0.29, 0.717) is 11.3 Å². The van der Waals surface area contributed by atoms with Gasteiger partial charge in [-0.15, -0.1) is 27.1 Å². The van der Waals surface area contributed by atoms with E-state index in [1.54, 1.807) is 0 Å². The molecule has 12 nitrogen and oxygen atoms in total. The fourth-order valence-corrected chi connectivity index (χ4v) is 6.83. The second kappa shape index (κ2) is 8.31. The van der Waals surface area contributed by atoms with E-state index >= 15 is 0 Å². The highest BCUT2D eigenvalue weighted by Crippen LogP contribution is 2.44. The number of aliphatic carboxylic acids is 1. The number of tetrazole rings is 1. The molecule has 1 unspecified atom stereocenters. The van der Waals surface area contributed by atoms with Crippen molar-refractivity contribution >= 4 is 52.6 Å². The van der Waals surface area contributed by atoms with Crippen LogP contribution in [0.1, 0.15) is 11.9 Å². The monoisotopic (exact) mass is 468 g/mol. The summed E-state index contributed by atoms with van der Waals surface area (Å²) in [6.07, 6.45) is 1.29. The van der Waals surface area contributed by atoms with Gasteiger partial charge in [-0.1, -0.05) is 23.1 Å². The molecule has 2 N–H and O–H groups in total. The highest BCUT2D eigenvalue weighted by Gasteiger charge is 2.54. The minimum atomic E-state index is -1.16. The molecule has 0 aliphatic carbocycles. The summed E-state index contributed by atoms with van der Waals surface area (Å²) in [5, 5.41) is 31.2. The van der Waals surface area contributed by atoms with Crippen molar-refractivity contribution in [3.8, 4) is 0 Å². The van der Waals surface area contributed by atoms with Crippen LogP contribution in [0.3, 0.4) is 0 Å². The highest BCUT2D eigenvalue weighted by molar-refractivity contribution is 8.02. The van der Waals surface area contributed by atoms with Crippen LogP contribution in [0.15, 0.2) is 21.9 Å². The Morgan fingerprint density at radius 1 is 1.43 bits per heavy atom. The van der Waals surface area contributed by atoms with E-state index in [4.69, 9.17) is 0 Å². The first kappa shape index (κ1) is 20.7. The zero-order valence-corrected chi connectivity index (χ0v) is 18.2. The lowest BCUT2D eigenvalue weighted by Gasteiger charge is -2.50. The number of thioether (sulfide) groups is 2. The number of fused-ring (bicyclic) bond motifs is 1. The molecule has 0 saturated carbocycles. The Balaban J connectivity index is 1.48. The third-order valence-electron chi connectivity index (χ3n) is 4.49. The first-order valence-electron chi connectivity index (χ1n) is 8.73. The topological polar surface area (TPSA) is 156 Å². The lowest BCUT2D eigenvalue weighted by Crippen LogP contribution is -2.70. The zero-order chi connectivity index (χ0) is 21.4. The number of hydrogen-bond donors (Lipinski definition) is 2. The molecule has 1 saturated heterocycles. The molecule has 0 bridgehead atoms. The Bertz CT molecular complexity index is 1020. The van der Waals surface area contributed by atoms with Gasteiger partial charge in [0.15, 0.2) is 4.34 Å². The molecule has 0 aromatic carbocycles. The molecule has 0 spiro atoms. The molecule has 4 rings (SSSR count). The predicted octanol–water partition coefficient (Wildman–Crippen LogP) is -0.248. The van der Waals surface area contributed by atoms with E-state index in [1.807, 2.05) is 13.8 Å². The molecular formula is C15H16N8O4S3. The molecule has 2 aliphatic rings. The van der Waals surface area contributed by atoms with Gasteiger partial charge in [0, 0.05) is 11.0 Å². The summed E-state index contributed by atoms with van der Waals surface area (Å²) in [5.74, 6) is -1.61. The number of nitrogens with zero attached hydrogens (tertiary/aromatic N) is 7. The molecule has 2 amide bonds. The van der Waals surface area contributed by atoms with E-state index in [-0.39, 0.29) is 17.5 Å². The minimum absolute atomic E-state index is 0.0176. The number of β-lactam (4-membered cyclic amide) rings is 1. The SMILES string of the molecule is Cc1nnc(SC(C)C2=C(C(=O)O)N3C(=O)[C@@H](NC(=O)Cn4cnnn4)[C@@H]3SC2)s1. The normalized spacial score (nSPS) is 21.8. The molecule has 4 heterocycles. The van der Waals surface area contributed by atoms with Gasteiger partial charge in [0.25, 0.3) is 5.91 Å². The number of hydrogen-bond acceptors (Lipinski definition) is 11. The number of carbonyl (C=O) groups is 3. The van der Waals surface area contributed by atoms with Gasteiger partial charge >= 0.3 is 5.97 Å². The summed E-state index contributed by atoms with van der Waals surface area (Å²) < 4.78 is 1.98. The molecule has 30 heavy (non-hydrogen) atoms. The molecule has 15 heteroatoms. The number of carboxylic acids is 1. The van der Waals surface area contributed by atoms with Crippen molar-refractivity contribution in [3.05, 3.63) is 22.6 Å². The smallest absolute Gasteiger partial charge is 0.352 e. The fourth-order valence-electron chi connectivity index (χ4n) is 3.12. The van der Waals surface area contributed by atoms with E-state index in [0.717, 1.165) is 9.35 Å². The molecule has 2 aromatic heterocycles. The maximum atomic E-state index is 12.7. The maximum absolute atomic E-state index is 12.7. The van der Waals surface area contributed by atoms with Gasteiger partial charge in [-0.3, -0.25) is 14.5 Å². The minimum Gasteiger partial charge on any atom is -0.477 e. The summed E-state index contributed by atoms with van der Waals surface area (Å²) in [6, 6.07) is -0.788. The standard InChI is InChI=1S/C15H16N8O4S3/c1-6(29-15-19-18-7(2)30-15)8-4-28-13-10(12(25)23(13)11(8)14(26)27)17-9(24)3-22-5-16-20-21-22/h5-6,10,13H,3-4H2,1-2H3,(H,17,24)(H,26,27)/t6?,10-,13+/m1/s1. The van der Waals surface area contributed by atoms with Crippen LogP contribution < -0.4 is 5.32 Å². The summed E-state index contributed by atoms with van der Waals surface area (Å²) in [4.78, 5) is 38.1. The molecule has 2 aliphatic heterocycles. The lowest BCUT2D eigenvalue weighted by atomic mass is 10.0. The number of amides is 2.